The van der Waals surface area contributed by atoms with Crippen molar-refractivity contribution >= 4 is 11.8 Å². The van der Waals surface area contributed by atoms with Gasteiger partial charge in [0.15, 0.2) is 0 Å². The molecule has 19 heavy (non-hydrogen) atoms. The van der Waals surface area contributed by atoms with Crippen LogP contribution in [0.25, 0.3) is 0 Å². The second-order valence-corrected chi connectivity index (χ2v) is 4.52. The number of aromatic nitrogens is 1. The molecule has 2 heterocycles. The van der Waals surface area contributed by atoms with Gasteiger partial charge in [-0.1, -0.05) is 12.2 Å². The van der Waals surface area contributed by atoms with E-state index in [4.69, 9.17) is 0 Å². The molecule has 1 aliphatic rings. The van der Waals surface area contributed by atoms with Gasteiger partial charge in [-0.25, -0.2) is 0 Å². The lowest BCUT2D eigenvalue weighted by Gasteiger charge is -2.30. The Kier molecular flexibility index (Phi) is 4.28. The van der Waals surface area contributed by atoms with Crippen molar-refractivity contribution in [1.29, 1.82) is 0 Å². The minimum atomic E-state index is -0.167. The highest BCUT2D eigenvalue weighted by Crippen LogP contribution is 2.07. The fraction of sp³-hybridized carbons (Fsp3) is 0.357. The Morgan fingerprint density at radius 3 is 3.05 bits per heavy atom. The van der Waals surface area contributed by atoms with Gasteiger partial charge in [0.25, 0.3) is 5.91 Å². The maximum Gasteiger partial charge on any atom is 0.252 e. The van der Waals surface area contributed by atoms with E-state index in [1.807, 2.05) is 19.1 Å². The lowest BCUT2D eigenvalue weighted by molar-refractivity contribution is -0.132. The predicted octanol–water partition coefficient (Wildman–Crippen LogP) is 0.988. The lowest BCUT2D eigenvalue weighted by Crippen LogP contribution is -2.46. The second-order valence-electron chi connectivity index (χ2n) is 4.52. The third-order valence-corrected chi connectivity index (χ3v) is 3.10. The zero-order chi connectivity index (χ0) is 13.7. The predicted molar refractivity (Wildman–Crippen MR) is 71.5 cm³/mol. The molecule has 0 aliphatic carbocycles. The van der Waals surface area contributed by atoms with Crippen molar-refractivity contribution in [3.63, 3.8) is 0 Å². The maximum atomic E-state index is 11.8. The first-order chi connectivity index (χ1) is 9.18. The fourth-order valence-electron chi connectivity index (χ4n) is 1.97. The van der Waals surface area contributed by atoms with E-state index in [9.17, 15) is 9.59 Å². The number of nitrogens with zero attached hydrogens (tertiary/aromatic N) is 2. The summed E-state index contributed by atoms with van der Waals surface area (Å²) in [5, 5.41) is 2.82. The topological polar surface area (TPSA) is 62.3 Å². The smallest absolute Gasteiger partial charge is 0.252 e. The molecule has 0 radical (unpaired) electrons. The van der Waals surface area contributed by atoms with Crippen molar-refractivity contribution in [2.75, 3.05) is 13.1 Å². The van der Waals surface area contributed by atoms with E-state index in [-0.39, 0.29) is 17.9 Å². The molecule has 100 valence electrons. The molecule has 1 unspecified atom stereocenters. The van der Waals surface area contributed by atoms with Crippen LogP contribution in [0.3, 0.4) is 0 Å². The van der Waals surface area contributed by atoms with E-state index in [1.165, 1.54) is 6.20 Å². The van der Waals surface area contributed by atoms with Crippen LogP contribution in [0.1, 0.15) is 23.7 Å². The molecule has 1 N–H and O–H groups in total. The van der Waals surface area contributed by atoms with Gasteiger partial charge in [0.1, 0.15) is 0 Å². The molecular formula is C14H17N3O2. The Hall–Kier alpha value is -2.17. The Labute approximate surface area is 112 Å². The molecule has 2 amide bonds. The van der Waals surface area contributed by atoms with Crippen LogP contribution < -0.4 is 5.32 Å². The van der Waals surface area contributed by atoms with E-state index >= 15 is 0 Å². The van der Waals surface area contributed by atoms with Crippen LogP contribution in [0, 0.1) is 0 Å². The van der Waals surface area contributed by atoms with Crippen molar-refractivity contribution in [3.8, 4) is 0 Å². The molecular weight excluding hydrogens is 242 g/mol. The van der Waals surface area contributed by atoms with Crippen LogP contribution >= 0.6 is 0 Å². The SMILES string of the molecule is CC(CNC(=O)c1cccnc1)N1CC=CCC1=O. The second kappa shape index (κ2) is 6.13. The molecule has 5 heteroatoms. The van der Waals surface area contributed by atoms with Crippen LogP contribution in [-0.2, 0) is 4.79 Å². The maximum absolute atomic E-state index is 11.8. The number of hydrogen-bond donors (Lipinski definition) is 1. The molecule has 1 aromatic rings. The first-order valence-corrected chi connectivity index (χ1v) is 6.31. The third kappa shape index (κ3) is 3.40. The highest BCUT2D eigenvalue weighted by molar-refractivity contribution is 5.93. The third-order valence-electron chi connectivity index (χ3n) is 3.10. The first-order valence-electron chi connectivity index (χ1n) is 6.31. The molecule has 5 nitrogen and oxygen atoms in total. The van der Waals surface area contributed by atoms with Gasteiger partial charge in [-0.3, -0.25) is 14.6 Å². The van der Waals surface area contributed by atoms with E-state index in [0.717, 1.165) is 0 Å². The first kappa shape index (κ1) is 13.3. The summed E-state index contributed by atoms with van der Waals surface area (Å²) in [6, 6.07) is 3.41. The van der Waals surface area contributed by atoms with Gasteiger partial charge in [-0.2, -0.15) is 0 Å². The Morgan fingerprint density at radius 2 is 2.37 bits per heavy atom. The zero-order valence-electron chi connectivity index (χ0n) is 10.9. The van der Waals surface area contributed by atoms with Gasteiger partial charge in [0.2, 0.25) is 5.91 Å². The molecule has 1 atom stereocenters. The summed E-state index contributed by atoms with van der Waals surface area (Å²) >= 11 is 0. The molecule has 0 aromatic carbocycles. The summed E-state index contributed by atoms with van der Waals surface area (Å²) in [6.45, 7) is 2.98. The Bertz CT molecular complexity index is 485. The van der Waals surface area contributed by atoms with Crippen molar-refractivity contribution < 1.29 is 9.59 Å². The molecule has 1 aromatic heterocycles. The average molecular weight is 259 g/mol. The normalized spacial score (nSPS) is 16.3. The highest BCUT2D eigenvalue weighted by atomic mass is 16.2. The van der Waals surface area contributed by atoms with Crippen LogP contribution in [0.15, 0.2) is 36.7 Å². The average Bonchev–Trinajstić information content (AvgIpc) is 2.46. The number of rotatable bonds is 4. The van der Waals surface area contributed by atoms with Gasteiger partial charge < -0.3 is 10.2 Å². The van der Waals surface area contributed by atoms with Gasteiger partial charge in [-0.05, 0) is 19.1 Å². The van der Waals surface area contributed by atoms with Crippen molar-refractivity contribution in [3.05, 3.63) is 42.2 Å². The standard InChI is InChI=1S/C14H17N3O2/c1-11(17-8-3-2-6-13(17)18)9-16-14(19)12-5-4-7-15-10-12/h2-5,7,10-11H,6,8-9H2,1H3,(H,16,19). The van der Waals surface area contributed by atoms with Gasteiger partial charge in [0.05, 0.1) is 5.56 Å². The van der Waals surface area contributed by atoms with Gasteiger partial charge in [-0.15, -0.1) is 0 Å². The fourth-order valence-corrected chi connectivity index (χ4v) is 1.97. The Morgan fingerprint density at radius 1 is 1.53 bits per heavy atom. The summed E-state index contributed by atoms with van der Waals surface area (Å²) < 4.78 is 0. The van der Waals surface area contributed by atoms with Crippen LogP contribution in [0.5, 0.6) is 0 Å². The quantitative estimate of drug-likeness (QED) is 0.820. The van der Waals surface area contributed by atoms with E-state index in [1.54, 1.807) is 23.2 Å². The molecule has 0 bridgehead atoms. The Balaban J connectivity index is 1.87. The number of carbonyl (C=O) groups excluding carboxylic acids is 2. The van der Waals surface area contributed by atoms with Gasteiger partial charge in [0, 0.05) is 37.9 Å². The monoisotopic (exact) mass is 259 g/mol. The number of nitrogens with one attached hydrogen (secondary N) is 1. The highest BCUT2D eigenvalue weighted by Gasteiger charge is 2.20. The van der Waals surface area contributed by atoms with Crippen LogP contribution in [0.4, 0.5) is 0 Å². The lowest BCUT2D eigenvalue weighted by atomic mass is 10.2. The molecule has 0 saturated heterocycles. The summed E-state index contributed by atoms with van der Waals surface area (Å²) in [6.07, 6.45) is 7.44. The molecule has 0 fully saturated rings. The summed E-state index contributed by atoms with van der Waals surface area (Å²) in [4.78, 5) is 29.2. The van der Waals surface area contributed by atoms with Crippen LogP contribution in [0.2, 0.25) is 0 Å². The number of hydrogen-bond acceptors (Lipinski definition) is 3. The minimum Gasteiger partial charge on any atom is -0.350 e. The largest absolute Gasteiger partial charge is 0.350 e. The summed E-state index contributed by atoms with van der Waals surface area (Å²) in [5.74, 6) is -0.0643. The van der Waals surface area contributed by atoms with Crippen LogP contribution in [-0.4, -0.2) is 40.8 Å². The number of carbonyl (C=O) groups is 2. The van der Waals surface area contributed by atoms with Crippen molar-refractivity contribution in [2.24, 2.45) is 0 Å². The van der Waals surface area contributed by atoms with Crippen molar-refractivity contribution in [2.45, 2.75) is 19.4 Å². The van der Waals surface area contributed by atoms with E-state index in [2.05, 4.69) is 10.3 Å². The summed E-state index contributed by atoms with van der Waals surface area (Å²) in [7, 11) is 0. The molecule has 0 spiro atoms. The number of amides is 2. The molecule has 1 aliphatic heterocycles. The summed E-state index contributed by atoms with van der Waals surface area (Å²) in [5.41, 5.74) is 0.527. The minimum absolute atomic E-state index is 0.0157. The van der Waals surface area contributed by atoms with Gasteiger partial charge >= 0.3 is 0 Å². The number of pyridine rings is 1. The van der Waals surface area contributed by atoms with Crippen molar-refractivity contribution in [1.82, 2.24) is 15.2 Å². The molecule has 0 saturated carbocycles. The van der Waals surface area contributed by atoms with E-state index < -0.39 is 0 Å². The zero-order valence-corrected chi connectivity index (χ0v) is 10.9. The van der Waals surface area contributed by atoms with E-state index in [0.29, 0.717) is 25.1 Å². The molecule has 2 rings (SSSR count).